The third kappa shape index (κ3) is 2.42. The first kappa shape index (κ1) is 9.92. The summed E-state index contributed by atoms with van der Waals surface area (Å²) in [6.07, 6.45) is 3.09. The lowest BCUT2D eigenvalue weighted by Crippen LogP contribution is -2.05. The van der Waals surface area contributed by atoms with Crippen LogP contribution in [-0.4, -0.2) is 10.1 Å². The molecule has 1 aromatic heterocycles. The van der Waals surface area contributed by atoms with Crippen LogP contribution in [0, 0.1) is 9.49 Å². The van der Waals surface area contributed by atoms with Crippen molar-refractivity contribution < 1.29 is 5.11 Å². The van der Waals surface area contributed by atoms with E-state index in [1.54, 1.807) is 12.4 Å². The number of aliphatic hydroxyl groups excluding tert-OH is 1. The number of pyridine rings is 1. The fourth-order valence-corrected chi connectivity index (χ4v) is 1.50. The Hall–Kier alpha value is -0.160. The molecular formula is C9H12INO. The molecule has 2 nitrogen and oxygen atoms in total. The Bertz CT molecular complexity index is 262. The highest BCUT2D eigenvalue weighted by atomic mass is 127. The van der Waals surface area contributed by atoms with E-state index in [0.717, 1.165) is 9.13 Å². The van der Waals surface area contributed by atoms with Crippen molar-refractivity contribution >= 4 is 22.6 Å². The van der Waals surface area contributed by atoms with Crippen molar-refractivity contribution in [2.75, 3.05) is 0 Å². The Balaban J connectivity index is 2.88. The molecule has 0 aliphatic carbocycles. The van der Waals surface area contributed by atoms with Crippen molar-refractivity contribution in [1.29, 1.82) is 0 Å². The average molecular weight is 277 g/mol. The normalized spacial score (nSPS) is 13.4. The standard InChI is InChI=1S/C9H12INO/c1-6(2)9(12)7-3-8(10)5-11-4-7/h3-6,9,12H,1-2H3. The third-order valence-electron chi connectivity index (χ3n) is 1.70. The first-order valence-corrected chi connectivity index (χ1v) is 4.97. The fourth-order valence-electron chi connectivity index (χ4n) is 0.975. The summed E-state index contributed by atoms with van der Waals surface area (Å²) in [6, 6.07) is 1.96. The van der Waals surface area contributed by atoms with Crippen LogP contribution in [0.15, 0.2) is 18.5 Å². The molecule has 0 radical (unpaired) electrons. The van der Waals surface area contributed by atoms with E-state index in [4.69, 9.17) is 0 Å². The Morgan fingerprint density at radius 3 is 2.58 bits per heavy atom. The molecule has 0 saturated carbocycles. The number of halogens is 1. The molecular weight excluding hydrogens is 265 g/mol. The van der Waals surface area contributed by atoms with Gasteiger partial charge in [0.05, 0.1) is 6.10 Å². The monoisotopic (exact) mass is 277 g/mol. The summed E-state index contributed by atoms with van der Waals surface area (Å²) < 4.78 is 1.06. The van der Waals surface area contributed by atoms with Gasteiger partial charge in [-0.1, -0.05) is 13.8 Å². The fraction of sp³-hybridized carbons (Fsp3) is 0.444. The van der Waals surface area contributed by atoms with E-state index in [-0.39, 0.29) is 5.92 Å². The van der Waals surface area contributed by atoms with Gasteiger partial charge in [-0.25, -0.2) is 0 Å². The predicted molar refractivity (Wildman–Crippen MR) is 56.8 cm³/mol. The Kier molecular flexibility index (Phi) is 3.46. The number of nitrogens with zero attached hydrogens (tertiary/aromatic N) is 1. The first-order valence-electron chi connectivity index (χ1n) is 3.89. The van der Waals surface area contributed by atoms with Crippen LogP contribution in [-0.2, 0) is 0 Å². The number of aliphatic hydroxyl groups is 1. The van der Waals surface area contributed by atoms with Crippen molar-refractivity contribution in [1.82, 2.24) is 4.98 Å². The molecule has 0 aliphatic heterocycles. The number of rotatable bonds is 2. The summed E-state index contributed by atoms with van der Waals surface area (Å²) in [5, 5.41) is 9.68. The van der Waals surface area contributed by atoms with Crippen molar-refractivity contribution in [2.24, 2.45) is 5.92 Å². The van der Waals surface area contributed by atoms with Gasteiger partial charge >= 0.3 is 0 Å². The minimum atomic E-state index is -0.396. The van der Waals surface area contributed by atoms with Gasteiger partial charge in [0, 0.05) is 21.5 Å². The van der Waals surface area contributed by atoms with Crippen LogP contribution in [0.25, 0.3) is 0 Å². The quantitative estimate of drug-likeness (QED) is 0.842. The molecule has 1 heterocycles. The maximum Gasteiger partial charge on any atom is 0.0828 e. The predicted octanol–water partition coefficient (Wildman–Crippen LogP) is 2.38. The summed E-state index contributed by atoms with van der Waals surface area (Å²) >= 11 is 2.19. The van der Waals surface area contributed by atoms with Gasteiger partial charge in [-0.2, -0.15) is 0 Å². The molecule has 1 rings (SSSR count). The number of aromatic nitrogens is 1. The molecule has 1 aromatic rings. The second-order valence-corrected chi connectivity index (χ2v) is 4.37. The van der Waals surface area contributed by atoms with Crippen molar-refractivity contribution in [2.45, 2.75) is 20.0 Å². The van der Waals surface area contributed by atoms with Gasteiger partial charge in [-0.15, -0.1) is 0 Å². The van der Waals surface area contributed by atoms with E-state index < -0.39 is 6.10 Å². The number of hydrogen-bond acceptors (Lipinski definition) is 2. The molecule has 12 heavy (non-hydrogen) atoms. The van der Waals surface area contributed by atoms with Gasteiger partial charge in [0.25, 0.3) is 0 Å². The molecule has 1 N–H and O–H groups in total. The summed E-state index contributed by atoms with van der Waals surface area (Å²) in [7, 11) is 0. The highest BCUT2D eigenvalue weighted by Gasteiger charge is 2.11. The van der Waals surface area contributed by atoms with E-state index in [2.05, 4.69) is 27.6 Å². The Morgan fingerprint density at radius 2 is 2.08 bits per heavy atom. The molecule has 0 saturated heterocycles. The zero-order valence-electron chi connectivity index (χ0n) is 7.16. The lowest BCUT2D eigenvalue weighted by Gasteiger charge is -2.13. The molecule has 0 fully saturated rings. The van der Waals surface area contributed by atoms with Gasteiger partial charge in [0.2, 0.25) is 0 Å². The summed E-state index contributed by atoms with van der Waals surface area (Å²) in [6.45, 7) is 3.98. The van der Waals surface area contributed by atoms with Crippen LogP contribution in [0.2, 0.25) is 0 Å². The van der Waals surface area contributed by atoms with Crippen LogP contribution in [0.1, 0.15) is 25.5 Å². The zero-order valence-corrected chi connectivity index (χ0v) is 9.32. The lowest BCUT2D eigenvalue weighted by molar-refractivity contribution is 0.126. The largest absolute Gasteiger partial charge is 0.388 e. The van der Waals surface area contributed by atoms with Crippen LogP contribution in [0.3, 0.4) is 0 Å². The van der Waals surface area contributed by atoms with Crippen LogP contribution in [0.4, 0.5) is 0 Å². The summed E-state index contributed by atoms with van der Waals surface area (Å²) in [4.78, 5) is 4.02. The maximum absolute atomic E-state index is 9.68. The van der Waals surface area contributed by atoms with Gasteiger partial charge < -0.3 is 5.11 Å². The highest BCUT2D eigenvalue weighted by molar-refractivity contribution is 14.1. The Morgan fingerprint density at radius 1 is 1.42 bits per heavy atom. The van der Waals surface area contributed by atoms with Crippen molar-refractivity contribution in [3.05, 3.63) is 27.6 Å². The Labute approximate surface area is 86.2 Å². The van der Waals surface area contributed by atoms with E-state index in [1.165, 1.54) is 0 Å². The topological polar surface area (TPSA) is 33.1 Å². The molecule has 0 bridgehead atoms. The highest BCUT2D eigenvalue weighted by Crippen LogP contribution is 2.21. The molecule has 0 aliphatic rings. The smallest absolute Gasteiger partial charge is 0.0828 e. The molecule has 3 heteroatoms. The molecule has 66 valence electrons. The zero-order chi connectivity index (χ0) is 9.14. The molecule has 0 amide bonds. The molecule has 1 unspecified atom stereocenters. The minimum Gasteiger partial charge on any atom is -0.388 e. The minimum absolute atomic E-state index is 0.241. The van der Waals surface area contributed by atoms with E-state index >= 15 is 0 Å². The number of hydrogen-bond donors (Lipinski definition) is 1. The first-order chi connectivity index (χ1) is 5.61. The second kappa shape index (κ2) is 4.18. The average Bonchev–Trinajstić information content (AvgIpc) is 2.03. The second-order valence-electron chi connectivity index (χ2n) is 3.13. The molecule has 0 spiro atoms. The van der Waals surface area contributed by atoms with Crippen LogP contribution < -0.4 is 0 Å². The maximum atomic E-state index is 9.68. The lowest BCUT2D eigenvalue weighted by atomic mass is 10.0. The molecule has 0 aromatic carbocycles. The van der Waals surface area contributed by atoms with E-state index in [9.17, 15) is 5.11 Å². The van der Waals surface area contributed by atoms with Gasteiger partial charge in [-0.3, -0.25) is 4.98 Å². The third-order valence-corrected chi connectivity index (χ3v) is 2.29. The van der Waals surface area contributed by atoms with Gasteiger partial charge in [0.15, 0.2) is 0 Å². The molecule has 1 atom stereocenters. The van der Waals surface area contributed by atoms with Crippen molar-refractivity contribution in [3.8, 4) is 0 Å². The van der Waals surface area contributed by atoms with E-state index in [0.29, 0.717) is 0 Å². The van der Waals surface area contributed by atoms with Crippen molar-refractivity contribution in [3.63, 3.8) is 0 Å². The van der Waals surface area contributed by atoms with E-state index in [1.807, 2.05) is 19.9 Å². The van der Waals surface area contributed by atoms with Gasteiger partial charge in [0.1, 0.15) is 0 Å². The van der Waals surface area contributed by atoms with Crippen LogP contribution in [0.5, 0.6) is 0 Å². The summed E-state index contributed by atoms with van der Waals surface area (Å²) in [5.41, 5.74) is 0.900. The SMILES string of the molecule is CC(C)C(O)c1cncc(I)c1. The van der Waals surface area contributed by atoms with Gasteiger partial charge in [-0.05, 0) is 34.6 Å². The van der Waals surface area contributed by atoms with Crippen LogP contribution >= 0.6 is 22.6 Å². The summed E-state index contributed by atoms with van der Waals surface area (Å²) in [5.74, 6) is 0.241.